The second-order valence-electron chi connectivity index (χ2n) is 4.04. The third-order valence-electron chi connectivity index (χ3n) is 2.54. The minimum atomic E-state index is -0.895. The van der Waals surface area contributed by atoms with Crippen molar-refractivity contribution in [1.29, 1.82) is 0 Å². The van der Waals surface area contributed by atoms with Gasteiger partial charge >= 0.3 is 5.97 Å². The summed E-state index contributed by atoms with van der Waals surface area (Å²) in [5.41, 5.74) is 0.542. The minimum Gasteiger partial charge on any atom is -0.481 e. The molecule has 0 fully saturated rings. The van der Waals surface area contributed by atoms with Crippen LogP contribution in [0, 0.1) is 0 Å². The van der Waals surface area contributed by atoms with Crippen molar-refractivity contribution in [2.75, 3.05) is 5.75 Å². The zero-order valence-electron chi connectivity index (χ0n) is 11.0. The van der Waals surface area contributed by atoms with Gasteiger partial charge in [0.05, 0.1) is 17.9 Å². The van der Waals surface area contributed by atoms with Gasteiger partial charge in [0.15, 0.2) is 4.34 Å². The molecule has 1 aromatic heterocycles. The van der Waals surface area contributed by atoms with Crippen LogP contribution >= 0.6 is 23.1 Å². The van der Waals surface area contributed by atoms with E-state index in [0.29, 0.717) is 11.4 Å². The molecule has 7 heteroatoms. The molecule has 1 amide bonds. The van der Waals surface area contributed by atoms with Gasteiger partial charge < -0.3 is 10.4 Å². The van der Waals surface area contributed by atoms with E-state index in [0.717, 1.165) is 17.2 Å². The summed E-state index contributed by atoms with van der Waals surface area (Å²) in [5, 5.41) is 13.3. The molecule has 1 heterocycles. The summed E-state index contributed by atoms with van der Waals surface area (Å²) >= 11 is 2.71. The van der Waals surface area contributed by atoms with Crippen LogP contribution in [0.15, 0.2) is 9.72 Å². The van der Waals surface area contributed by atoms with Crippen molar-refractivity contribution < 1.29 is 14.7 Å². The largest absolute Gasteiger partial charge is 0.481 e. The van der Waals surface area contributed by atoms with Gasteiger partial charge in [-0.2, -0.15) is 0 Å². The Hall–Kier alpha value is -1.08. The van der Waals surface area contributed by atoms with E-state index in [-0.39, 0.29) is 18.4 Å². The zero-order valence-corrected chi connectivity index (χ0v) is 12.6. The van der Waals surface area contributed by atoms with Crippen molar-refractivity contribution >= 4 is 35.0 Å². The van der Waals surface area contributed by atoms with E-state index in [1.54, 1.807) is 5.38 Å². The molecule has 0 aliphatic rings. The number of rotatable bonds is 8. The molecule has 0 aromatic carbocycles. The van der Waals surface area contributed by atoms with Crippen molar-refractivity contribution in [3.8, 4) is 0 Å². The number of aliphatic carboxylic acids is 1. The molecule has 0 spiro atoms. The van der Waals surface area contributed by atoms with Crippen LogP contribution < -0.4 is 5.32 Å². The number of hydrogen-bond donors (Lipinski definition) is 2. The van der Waals surface area contributed by atoms with Crippen LogP contribution in [0.4, 0.5) is 0 Å². The fraction of sp³-hybridized carbons (Fsp3) is 0.583. The fourth-order valence-electron chi connectivity index (χ4n) is 1.48. The van der Waals surface area contributed by atoms with Crippen LogP contribution in [0.1, 0.15) is 32.4 Å². The molecule has 1 aromatic rings. The van der Waals surface area contributed by atoms with E-state index in [2.05, 4.69) is 10.3 Å². The Morgan fingerprint density at radius 1 is 1.47 bits per heavy atom. The Morgan fingerprint density at radius 3 is 2.74 bits per heavy atom. The van der Waals surface area contributed by atoms with Gasteiger partial charge in [-0.05, 0) is 12.8 Å². The number of carboxylic acid groups (broad SMARTS) is 1. The monoisotopic (exact) mass is 302 g/mol. The van der Waals surface area contributed by atoms with Gasteiger partial charge in [-0.1, -0.05) is 25.6 Å². The summed E-state index contributed by atoms with van der Waals surface area (Å²) in [5.74, 6) is -0.585. The summed E-state index contributed by atoms with van der Waals surface area (Å²) in [6, 6.07) is 0.229. The number of nitrogens with zero attached hydrogens (tertiary/aromatic N) is 1. The molecule has 0 bridgehead atoms. The third-order valence-corrected chi connectivity index (χ3v) is 4.61. The first-order valence-corrected chi connectivity index (χ1v) is 8.00. The zero-order chi connectivity index (χ0) is 14.3. The van der Waals surface area contributed by atoms with E-state index in [1.165, 1.54) is 23.1 Å². The predicted octanol–water partition coefficient (Wildman–Crippen LogP) is 2.17. The van der Waals surface area contributed by atoms with Crippen LogP contribution in [0.5, 0.6) is 0 Å². The molecular formula is C12H18N2O3S2. The van der Waals surface area contributed by atoms with E-state index in [1.807, 2.05) is 13.8 Å². The maximum Gasteiger partial charge on any atom is 0.309 e. The first kappa shape index (κ1) is 16.0. The number of nitrogens with one attached hydrogen (secondary N) is 1. The van der Waals surface area contributed by atoms with Crippen molar-refractivity contribution in [3.63, 3.8) is 0 Å². The van der Waals surface area contributed by atoms with Gasteiger partial charge in [0.2, 0.25) is 5.91 Å². The van der Waals surface area contributed by atoms with Crippen molar-refractivity contribution in [2.45, 2.75) is 43.5 Å². The summed E-state index contributed by atoms with van der Waals surface area (Å²) in [7, 11) is 0. The summed E-state index contributed by atoms with van der Waals surface area (Å²) in [6.45, 7) is 4.08. The van der Waals surface area contributed by atoms with Crippen LogP contribution in [0.3, 0.4) is 0 Å². The first-order valence-electron chi connectivity index (χ1n) is 6.13. The van der Waals surface area contributed by atoms with Crippen LogP contribution in [0.25, 0.3) is 0 Å². The van der Waals surface area contributed by atoms with Gasteiger partial charge in [0.1, 0.15) is 0 Å². The Bertz CT molecular complexity index is 430. The average molecular weight is 302 g/mol. The minimum absolute atomic E-state index is 0.00585. The number of hydrogen-bond acceptors (Lipinski definition) is 5. The lowest BCUT2D eigenvalue weighted by Crippen LogP contribution is -2.34. The Labute approximate surface area is 120 Å². The molecular weight excluding hydrogens is 284 g/mol. The number of thioether (sulfide) groups is 1. The highest BCUT2D eigenvalue weighted by Crippen LogP contribution is 2.22. The molecule has 0 saturated heterocycles. The summed E-state index contributed by atoms with van der Waals surface area (Å²) in [4.78, 5) is 26.4. The van der Waals surface area contributed by atoms with Crippen molar-refractivity contribution in [2.24, 2.45) is 0 Å². The lowest BCUT2D eigenvalue weighted by atomic mass is 10.2. The first-order chi connectivity index (χ1) is 9.05. The second-order valence-corrected chi connectivity index (χ2v) is 6.13. The third kappa shape index (κ3) is 6.07. The molecule has 0 unspecified atom stereocenters. The number of thiazole rings is 1. The van der Waals surface area contributed by atoms with Crippen LogP contribution in [-0.2, 0) is 16.0 Å². The lowest BCUT2D eigenvalue weighted by Gasteiger charge is -2.13. The molecule has 5 nitrogen and oxygen atoms in total. The second kappa shape index (κ2) is 8.16. The average Bonchev–Trinajstić information content (AvgIpc) is 2.80. The number of carbonyl (C=O) groups is 2. The number of amides is 1. The fourth-order valence-corrected chi connectivity index (χ4v) is 3.14. The van der Waals surface area contributed by atoms with Gasteiger partial charge in [0.25, 0.3) is 0 Å². The number of carbonyl (C=O) groups excluding carboxylic acids is 1. The van der Waals surface area contributed by atoms with Crippen LogP contribution in [0.2, 0.25) is 0 Å². The van der Waals surface area contributed by atoms with E-state index in [9.17, 15) is 9.59 Å². The van der Waals surface area contributed by atoms with Gasteiger partial charge in [-0.3, -0.25) is 9.59 Å². The maximum atomic E-state index is 11.7. The highest BCUT2D eigenvalue weighted by atomic mass is 32.2. The summed E-state index contributed by atoms with van der Waals surface area (Å²) in [6.07, 6.45) is 1.77. The molecule has 2 N–H and O–H groups in total. The summed E-state index contributed by atoms with van der Waals surface area (Å²) < 4.78 is 0.732. The highest BCUT2D eigenvalue weighted by Gasteiger charge is 2.11. The maximum absolute atomic E-state index is 11.7. The molecule has 19 heavy (non-hydrogen) atoms. The van der Waals surface area contributed by atoms with Gasteiger partial charge in [0, 0.05) is 11.4 Å². The SMILES string of the molecule is CCC(CC)NC(=O)CSc1nc(CC(=O)O)cs1. The molecule has 106 valence electrons. The smallest absolute Gasteiger partial charge is 0.309 e. The van der Waals surface area contributed by atoms with Crippen molar-refractivity contribution in [3.05, 3.63) is 11.1 Å². The molecule has 1 rings (SSSR count). The molecule has 0 aliphatic carbocycles. The topological polar surface area (TPSA) is 79.3 Å². The molecule has 0 saturated carbocycles. The number of carboxylic acids is 1. The Balaban J connectivity index is 2.37. The number of aromatic nitrogens is 1. The molecule has 0 radical (unpaired) electrons. The van der Waals surface area contributed by atoms with E-state index in [4.69, 9.17) is 5.11 Å². The van der Waals surface area contributed by atoms with Crippen LogP contribution in [-0.4, -0.2) is 33.8 Å². The lowest BCUT2D eigenvalue weighted by molar-refractivity contribution is -0.136. The quantitative estimate of drug-likeness (QED) is 0.719. The van der Waals surface area contributed by atoms with Gasteiger partial charge in [-0.15, -0.1) is 11.3 Å². The predicted molar refractivity (Wildman–Crippen MR) is 76.7 cm³/mol. The van der Waals surface area contributed by atoms with Crippen molar-refractivity contribution in [1.82, 2.24) is 10.3 Å². The Kier molecular flexibility index (Phi) is 6.86. The van der Waals surface area contributed by atoms with E-state index < -0.39 is 5.97 Å². The molecule has 0 atom stereocenters. The van der Waals surface area contributed by atoms with E-state index >= 15 is 0 Å². The van der Waals surface area contributed by atoms with Gasteiger partial charge in [-0.25, -0.2) is 4.98 Å². The standard InChI is InChI=1S/C12H18N2O3S2/c1-3-8(4-2)13-10(15)7-19-12-14-9(6-18-12)5-11(16)17/h6,8H,3-5,7H2,1-2H3,(H,13,15)(H,16,17). The molecule has 0 aliphatic heterocycles. The normalized spacial score (nSPS) is 10.7. The highest BCUT2D eigenvalue weighted by molar-refractivity contribution is 8.01. The Morgan fingerprint density at radius 2 is 2.16 bits per heavy atom.